The molecule has 0 aromatic heterocycles. The molecular formula is C13H19ClN2O3S. The van der Waals surface area contributed by atoms with Gasteiger partial charge in [-0.15, -0.1) is 0 Å². The molecule has 1 aliphatic rings. The number of sulfonamides is 1. The summed E-state index contributed by atoms with van der Waals surface area (Å²) in [7, 11) is -1.91. The smallest absolute Gasteiger partial charge is 0.234 e. The summed E-state index contributed by atoms with van der Waals surface area (Å²) < 4.78 is 31.9. The normalized spacial score (nSPS) is 19.6. The number of rotatable bonds is 5. The molecule has 1 fully saturated rings. The molecule has 20 heavy (non-hydrogen) atoms. The quantitative estimate of drug-likeness (QED) is 0.873. The minimum absolute atomic E-state index is 0.00522. The van der Waals surface area contributed by atoms with Crippen LogP contribution in [0.2, 0.25) is 5.02 Å². The first-order valence-electron chi connectivity index (χ1n) is 6.57. The number of benzene rings is 1. The zero-order valence-corrected chi connectivity index (χ0v) is 12.9. The molecule has 1 unspecified atom stereocenters. The van der Waals surface area contributed by atoms with E-state index in [0.717, 1.165) is 25.8 Å². The molecule has 0 bridgehead atoms. The highest BCUT2D eigenvalue weighted by Crippen LogP contribution is 2.27. The van der Waals surface area contributed by atoms with Gasteiger partial charge >= 0.3 is 0 Å². The van der Waals surface area contributed by atoms with Crippen molar-refractivity contribution in [3.63, 3.8) is 0 Å². The van der Waals surface area contributed by atoms with Crippen molar-refractivity contribution in [3.8, 4) is 5.75 Å². The van der Waals surface area contributed by atoms with Gasteiger partial charge in [-0.3, -0.25) is 4.72 Å². The van der Waals surface area contributed by atoms with Gasteiger partial charge in [0.1, 0.15) is 5.75 Å². The van der Waals surface area contributed by atoms with E-state index in [1.807, 2.05) is 0 Å². The Hall–Kier alpha value is -0.980. The van der Waals surface area contributed by atoms with Gasteiger partial charge in [0.05, 0.1) is 23.6 Å². The lowest BCUT2D eigenvalue weighted by Crippen LogP contribution is -2.40. The van der Waals surface area contributed by atoms with Crippen molar-refractivity contribution in [2.24, 2.45) is 0 Å². The Balaban J connectivity index is 2.07. The number of nitrogens with one attached hydrogen (secondary N) is 2. The van der Waals surface area contributed by atoms with E-state index in [0.29, 0.717) is 16.5 Å². The minimum atomic E-state index is -3.43. The molecule has 1 saturated heterocycles. The van der Waals surface area contributed by atoms with E-state index < -0.39 is 10.0 Å². The molecule has 0 aliphatic carbocycles. The molecule has 2 N–H and O–H groups in total. The molecule has 0 radical (unpaired) electrons. The summed E-state index contributed by atoms with van der Waals surface area (Å²) in [4.78, 5) is 0. The number of anilines is 1. The summed E-state index contributed by atoms with van der Waals surface area (Å²) in [6.07, 6.45) is 3.05. The third-order valence-corrected chi connectivity index (χ3v) is 4.97. The summed E-state index contributed by atoms with van der Waals surface area (Å²) in [5.74, 6) is 0.614. The average Bonchev–Trinajstić information content (AvgIpc) is 2.41. The second-order valence-corrected chi connectivity index (χ2v) is 7.05. The Morgan fingerprint density at radius 3 is 2.90 bits per heavy atom. The molecule has 0 saturated carbocycles. The van der Waals surface area contributed by atoms with E-state index in [9.17, 15) is 8.42 Å². The monoisotopic (exact) mass is 318 g/mol. The first-order chi connectivity index (χ1) is 9.50. The first-order valence-corrected chi connectivity index (χ1v) is 8.60. The van der Waals surface area contributed by atoms with Crippen molar-refractivity contribution < 1.29 is 13.2 Å². The highest BCUT2D eigenvalue weighted by atomic mass is 35.5. The first kappa shape index (κ1) is 15.4. The standard InChI is InChI=1S/C13H19ClN2O3S/c1-19-11-5-6-12(14)13(8-11)16-20(17,18)9-10-4-2-3-7-15-10/h5-6,8,10,15-16H,2-4,7,9H2,1H3. The molecule has 112 valence electrons. The van der Waals surface area contributed by atoms with Crippen molar-refractivity contribution in [1.29, 1.82) is 0 Å². The Morgan fingerprint density at radius 2 is 2.25 bits per heavy atom. The summed E-state index contributed by atoms with van der Waals surface area (Å²) in [6.45, 7) is 0.875. The van der Waals surface area contributed by atoms with Gasteiger partial charge in [-0.25, -0.2) is 8.42 Å². The van der Waals surface area contributed by atoms with Crippen LogP contribution >= 0.6 is 11.6 Å². The highest BCUT2D eigenvalue weighted by Gasteiger charge is 2.21. The third-order valence-electron chi connectivity index (χ3n) is 3.27. The van der Waals surface area contributed by atoms with Gasteiger partial charge < -0.3 is 10.1 Å². The van der Waals surface area contributed by atoms with E-state index in [1.165, 1.54) is 7.11 Å². The lowest BCUT2D eigenvalue weighted by molar-refractivity contribution is 0.415. The predicted molar refractivity (Wildman–Crippen MR) is 81.1 cm³/mol. The number of halogens is 1. The predicted octanol–water partition coefficient (Wildman–Crippen LogP) is 2.23. The summed E-state index contributed by atoms with van der Waals surface area (Å²) in [5.41, 5.74) is 0.349. The Bertz CT molecular complexity index is 557. The van der Waals surface area contributed by atoms with Crippen LogP contribution in [0.4, 0.5) is 5.69 Å². The molecule has 0 amide bonds. The van der Waals surface area contributed by atoms with Crippen LogP contribution in [0.15, 0.2) is 18.2 Å². The molecule has 0 spiro atoms. The molecule has 5 nitrogen and oxygen atoms in total. The lowest BCUT2D eigenvalue weighted by atomic mass is 10.1. The van der Waals surface area contributed by atoms with E-state index in [4.69, 9.17) is 16.3 Å². The van der Waals surface area contributed by atoms with Gasteiger partial charge in [-0.2, -0.15) is 0 Å². The van der Waals surface area contributed by atoms with Gasteiger partial charge in [0.15, 0.2) is 0 Å². The summed E-state index contributed by atoms with van der Waals surface area (Å²) in [6, 6.07) is 4.87. The average molecular weight is 319 g/mol. The summed E-state index contributed by atoms with van der Waals surface area (Å²) in [5, 5.41) is 3.57. The molecule has 1 atom stereocenters. The van der Waals surface area contributed by atoms with Crippen molar-refractivity contribution >= 4 is 27.3 Å². The Morgan fingerprint density at radius 1 is 1.45 bits per heavy atom. The van der Waals surface area contributed by atoms with Gasteiger partial charge in [0, 0.05) is 12.1 Å². The fourth-order valence-corrected chi connectivity index (χ4v) is 3.87. The topological polar surface area (TPSA) is 67.4 Å². The van der Waals surface area contributed by atoms with Gasteiger partial charge in [0.25, 0.3) is 0 Å². The number of methoxy groups -OCH3 is 1. The van der Waals surface area contributed by atoms with Crippen LogP contribution in [0, 0.1) is 0 Å². The van der Waals surface area contributed by atoms with Crippen LogP contribution in [-0.4, -0.2) is 33.9 Å². The number of ether oxygens (including phenoxy) is 1. The fraction of sp³-hybridized carbons (Fsp3) is 0.538. The second-order valence-electron chi connectivity index (χ2n) is 4.88. The van der Waals surface area contributed by atoms with Crippen LogP contribution < -0.4 is 14.8 Å². The fourth-order valence-electron chi connectivity index (χ4n) is 2.25. The lowest BCUT2D eigenvalue weighted by Gasteiger charge is -2.23. The van der Waals surface area contributed by atoms with E-state index in [1.54, 1.807) is 18.2 Å². The second kappa shape index (κ2) is 6.65. The van der Waals surface area contributed by atoms with Crippen LogP contribution in [0.3, 0.4) is 0 Å². The van der Waals surface area contributed by atoms with Crippen LogP contribution in [0.25, 0.3) is 0 Å². The van der Waals surface area contributed by atoms with E-state index in [-0.39, 0.29) is 11.8 Å². The van der Waals surface area contributed by atoms with Crippen molar-refractivity contribution in [2.75, 3.05) is 24.1 Å². The maximum atomic E-state index is 12.2. The van der Waals surface area contributed by atoms with Gasteiger partial charge in [-0.1, -0.05) is 18.0 Å². The zero-order chi connectivity index (χ0) is 14.6. The third kappa shape index (κ3) is 4.26. The van der Waals surface area contributed by atoms with Crippen LogP contribution in [0.5, 0.6) is 5.75 Å². The molecule has 7 heteroatoms. The SMILES string of the molecule is COc1ccc(Cl)c(NS(=O)(=O)CC2CCCCN2)c1. The number of hydrogen-bond donors (Lipinski definition) is 2. The highest BCUT2D eigenvalue weighted by molar-refractivity contribution is 7.92. The van der Waals surface area contributed by atoms with Gasteiger partial charge in [-0.05, 0) is 31.5 Å². The summed E-state index contributed by atoms with van der Waals surface area (Å²) >= 11 is 6.00. The molecule has 1 aromatic carbocycles. The van der Waals surface area contributed by atoms with E-state index >= 15 is 0 Å². The number of piperidine rings is 1. The van der Waals surface area contributed by atoms with Gasteiger partial charge in [0.2, 0.25) is 10.0 Å². The molecular weight excluding hydrogens is 300 g/mol. The molecule has 1 heterocycles. The van der Waals surface area contributed by atoms with Crippen LogP contribution in [-0.2, 0) is 10.0 Å². The van der Waals surface area contributed by atoms with Crippen molar-refractivity contribution in [3.05, 3.63) is 23.2 Å². The Kier molecular flexibility index (Phi) is 5.12. The molecule has 1 aromatic rings. The van der Waals surface area contributed by atoms with Crippen LogP contribution in [0.1, 0.15) is 19.3 Å². The molecule has 1 aliphatic heterocycles. The zero-order valence-electron chi connectivity index (χ0n) is 11.4. The Labute approximate surface area is 124 Å². The number of hydrogen-bond acceptors (Lipinski definition) is 4. The molecule has 2 rings (SSSR count). The maximum absolute atomic E-state index is 12.2. The van der Waals surface area contributed by atoms with Crippen molar-refractivity contribution in [2.45, 2.75) is 25.3 Å². The largest absolute Gasteiger partial charge is 0.497 e. The van der Waals surface area contributed by atoms with E-state index in [2.05, 4.69) is 10.0 Å². The maximum Gasteiger partial charge on any atom is 0.234 e. The van der Waals surface area contributed by atoms with Crippen molar-refractivity contribution in [1.82, 2.24) is 5.32 Å². The minimum Gasteiger partial charge on any atom is -0.497 e.